The van der Waals surface area contributed by atoms with Crippen molar-refractivity contribution < 1.29 is 24.1 Å². The molecule has 0 amide bonds. The number of carboxylic acid groups (broad SMARTS) is 1. The standard InChI is InChI=1S/C13H18O5/c1-8(2)18-12-7-10(16-3)9(6-13(14)15)5-11(12)17-4/h5,7-8H,6H2,1-4H3,(H,14,15). The van der Waals surface area contributed by atoms with Gasteiger partial charge in [-0.05, 0) is 19.9 Å². The molecule has 0 saturated heterocycles. The molecule has 0 unspecified atom stereocenters. The van der Waals surface area contributed by atoms with Crippen LogP contribution in [0.15, 0.2) is 12.1 Å². The molecule has 0 saturated carbocycles. The van der Waals surface area contributed by atoms with Gasteiger partial charge in [-0.1, -0.05) is 0 Å². The number of carboxylic acids is 1. The van der Waals surface area contributed by atoms with Gasteiger partial charge >= 0.3 is 5.97 Å². The van der Waals surface area contributed by atoms with Gasteiger partial charge in [-0.2, -0.15) is 0 Å². The third kappa shape index (κ3) is 3.55. The first-order valence-corrected chi connectivity index (χ1v) is 5.61. The third-order valence-electron chi connectivity index (χ3n) is 2.27. The zero-order chi connectivity index (χ0) is 13.7. The van der Waals surface area contributed by atoms with Gasteiger partial charge in [-0.25, -0.2) is 0 Å². The highest BCUT2D eigenvalue weighted by atomic mass is 16.5. The molecular weight excluding hydrogens is 236 g/mol. The van der Waals surface area contributed by atoms with Crippen molar-refractivity contribution >= 4 is 5.97 Å². The van der Waals surface area contributed by atoms with Crippen molar-refractivity contribution in [1.82, 2.24) is 0 Å². The first-order chi connectivity index (χ1) is 8.47. The van der Waals surface area contributed by atoms with Crippen molar-refractivity contribution in [2.45, 2.75) is 26.4 Å². The quantitative estimate of drug-likeness (QED) is 0.842. The number of aliphatic carboxylic acids is 1. The van der Waals surface area contributed by atoms with Crippen LogP contribution in [-0.2, 0) is 11.2 Å². The van der Waals surface area contributed by atoms with E-state index in [4.69, 9.17) is 19.3 Å². The van der Waals surface area contributed by atoms with Gasteiger partial charge in [0.25, 0.3) is 0 Å². The van der Waals surface area contributed by atoms with Crippen LogP contribution in [0.5, 0.6) is 17.2 Å². The van der Waals surface area contributed by atoms with Crippen molar-refractivity contribution in [3.8, 4) is 17.2 Å². The Bertz CT molecular complexity index is 426. The Hall–Kier alpha value is -1.91. The lowest BCUT2D eigenvalue weighted by Gasteiger charge is -2.16. The van der Waals surface area contributed by atoms with Crippen LogP contribution < -0.4 is 14.2 Å². The summed E-state index contributed by atoms with van der Waals surface area (Å²) in [5, 5.41) is 8.84. The Balaban J connectivity index is 3.18. The third-order valence-corrected chi connectivity index (χ3v) is 2.27. The summed E-state index contributed by atoms with van der Waals surface area (Å²) in [4.78, 5) is 10.8. The number of benzene rings is 1. The van der Waals surface area contributed by atoms with E-state index < -0.39 is 5.97 Å². The van der Waals surface area contributed by atoms with Gasteiger partial charge in [0.1, 0.15) is 5.75 Å². The molecule has 0 aromatic heterocycles. The van der Waals surface area contributed by atoms with E-state index >= 15 is 0 Å². The maximum Gasteiger partial charge on any atom is 0.307 e. The van der Waals surface area contributed by atoms with Gasteiger partial charge in [0, 0.05) is 11.6 Å². The zero-order valence-corrected chi connectivity index (χ0v) is 11.0. The summed E-state index contributed by atoms with van der Waals surface area (Å²) in [5.41, 5.74) is 0.554. The lowest BCUT2D eigenvalue weighted by molar-refractivity contribution is -0.136. The Morgan fingerprint density at radius 1 is 1.17 bits per heavy atom. The van der Waals surface area contributed by atoms with Crippen LogP contribution in [-0.4, -0.2) is 31.4 Å². The smallest absolute Gasteiger partial charge is 0.307 e. The lowest BCUT2D eigenvalue weighted by Crippen LogP contribution is -2.08. The second kappa shape index (κ2) is 6.14. The summed E-state index contributed by atoms with van der Waals surface area (Å²) in [7, 11) is 3.01. The maximum atomic E-state index is 10.8. The van der Waals surface area contributed by atoms with E-state index in [-0.39, 0.29) is 12.5 Å². The molecule has 1 N–H and O–H groups in total. The maximum absolute atomic E-state index is 10.8. The largest absolute Gasteiger partial charge is 0.496 e. The predicted molar refractivity (Wildman–Crippen MR) is 66.6 cm³/mol. The van der Waals surface area contributed by atoms with Crippen LogP contribution in [0.2, 0.25) is 0 Å². The summed E-state index contributed by atoms with van der Waals surface area (Å²) in [5.74, 6) is 0.598. The molecule has 0 atom stereocenters. The molecule has 1 rings (SSSR count). The topological polar surface area (TPSA) is 65.0 Å². The molecule has 100 valence electrons. The highest BCUT2D eigenvalue weighted by Crippen LogP contribution is 2.35. The summed E-state index contributed by atoms with van der Waals surface area (Å²) in [6.45, 7) is 3.80. The molecule has 0 aliphatic heterocycles. The second-order valence-corrected chi connectivity index (χ2v) is 4.05. The first kappa shape index (κ1) is 14.2. The van der Waals surface area contributed by atoms with Crippen molar-refractivity contribution in [2.75, 3.05) is 14.2 Å². The average Bonchev–Trinajstić information content (AvgIpc) is 2.29. The number of rotatable bonds is 6. The van der Waals surface area contributed by atoms with E-state index in [0.717, 1.165) is 0 Å². The Kier molecular flexibility index (Phi) is 4.83. The molecule has 1 aromatic rings. The first-order valence-electron chi connectivity index (χ1n) is 5.61. The van der Waals surface area contributed by atoms with Gasteiger partial charge in [0.2, 0.25) is 0 Å². The molecule has 0 fully saturated rings. The Morgan fingerprint density at radius 3 is 2.22 bits per heavy atom. The summed E-state index contributed by atoms with van der Waals surface area (Å²) in [6.07, 6.45) is -0.129. The van der Waals surface area contributed by atoms with Gasteiger partial charge in [0.05, 0.1) is 26.7 Å². The molecule has 5 heteroatoms. The fourth-order valence-corrected chi connectivity index (χ4v) is 1.58. The Labute approximate surface area is 106 Å². The SMILES string of the molecule is COc1cc(OC(C)C)c(OC)cc1CC(=O)O. The number of hydrogen-bond acceptors (Lipinski definition) is 4. The second-order valence-electron chi connectivity index (χ2n) is 4.05. The number of ether oxygens (including phenoxy) is 3. The van der Waals surface area contributed by atoms with Gasteiger partial charge in [-0.3, -0.25) is 4.79 Å². The van der Waals surface area contributed by atoms with E-state index in [2.05, 4.69) is 0 Å². The molecular formula is C13H18O5. The van der Waals surface area contributed by atoms with E-state index in [1.54, 1.807) is 12.1 Å². The van der Waals surface area contributed by atoms with Crippen molar-refractivity contribution in [1.29, 1.82) is 0 Å². The molecule has 18 heavy (non-hydrogen) atoms. The molecule has 0 spiro atoms. The van der Waals surface area contributed by atoms with Crippen LogP contribution in [0.3, 0.4) is 0 Å². The number of hydrogen-bond donors (Lipinski definition) is 1. The van der Waals surface area contributed by atoms with E-state index in [0.29, 0.717) is 22.8 Å². The van der Waals surface area contributed by atoms with E-state index in [9.17, 15) is 4.79 Å². The highest BCUT2D eigenvalue weighted by Gasteiger charge is 2.15. The summed E-state index contributed by atoms with van der Waals surface area (Å²) in [6, 6.07) is 3.28. The molecule has 0 heterocycles. The van der Waals surface area contributed by atoms with Gasteiger partial charge in [-0.15, -0.1) is 0 Å². The summed E-state index contributed by atoms with van der Waals surface area (Å²) >= 11 is 0. The van der Waals surface area contributed by atoms with Crippen molar-refractivity contribution in [3.05, 3.63) is 17.7 Å². The molecule has 0 bridgehead atoms. The van der Waals surface area contributed by atoms with Crippen molar-refractivity contribution in [3.63, 3.8) is 0 Å². The van der Waals surface area contributed by atoms with Crippen LogP contribution >= 0.6 is 0 Å². The lowest BCUT2D eigenvalue weighted by atomic mass is 10.1. The number of methoxy groups -OCH3 is 2. The molecule has 5 nitrogen and oxygen atoms in total. The van der Waals surface area contributed by atoms with Crippen molar-refractivity contribution in [2.24, 2.45) is 0 Å². The van der Waals surface area contributed by atoms with E-state index in [1.165, 1.54) is 14.2 Å². The average molecular weight is 254 g/mol. The number of carbonyl (C=O) groups is 1. The molecule has 0 aliphatic carbocycles. The van der Waals surface area contributed by atoms with Gasteiger partial charge in [0.15, 0.2) is 11.5 Å². The molecule has 0 aliphatic rings. The summed E-state index contributed by atoms with van der Waals surface area (Å²) < 4.78 is 15.9. The minimum atomic E-state index is -0.923. The fourth-order valence-electron chi connectivity index (χ4n) is 1.58. The minimum absolute atomic E-state index is 0.00562. The minimum Gasteiger partial charge on any atom is -0.496 e. The molecule has 1 aromatic carbocycles. The van der Waals surface area contributed by atoms with Crippen LogP contribution in [0, 0.1) is 0 Å². The normalized spacial score (nSPS) is 10.3. The highest BCUT2D eigenvalue weighted by molar-refractivity contribution is 5.72. The monoisotopic (exact) mass is 254 g/mol. The van der Waals surface area contributed by atoms with Crippen LogP contribution in [0.25, 0.3) is 0 Å². The molecule has 0 radical (unpaired) electrons. The zero-order valence-electron chi connectivity index (χ0n) is 11.0. The Morgan fingerprint density at radius 2 is 1.78 bits per heavy atom. The fraction of sp³-hybridized carbons (Fsp3) is 0.462. The van der Waals surface area contributed by atoms with Crippen LogP contribution in [0.4, 0.5) is 0 Å². The predicted octanol–water partition coefficient (Wildman–Crippen LogP) is 2.12. The van der Waals surface area contributed by atoms with E-state index in [1.807, 2.05) is 13.8 Å². The van der Waals surface area contributed by atoms with Gasteiger partial charge < -0.3 is 19.3 Å². The van der Waals surface area contributed by atoms with Crippen LogP contribution in [0.1, 0.15) is 19.4 Å².